The van der Waals surface area contributed by atoms with Gasteiger partial charge in [0.05, 0.1) is 19.9 Å². The molecule has 0 aliphatic rings. The van der Waals surface area contributed by atoms with Crippen molar-refractivity contribution in [2.75, 3.05) is 14.2 Å². The number of ether oxygens (including phenoxy) is 2. The first-order chi connectivity index (χ1) is 9.13. The molecule has 1 aromatic carbocycles. The Morgan fingerprint density at radius 3 is 2.37 bits per heavy atom. The summed E-state index contributed by atoms with van der Waals surface area (Å²) in [6, 6.07) is 9.24. The summed E-state index contributed by atoms with van der Waals surface area (Å²) in [6.45, 7) is 1.81. The Morgan fingerprint density at radius 2 is 1.79 bits per heavy atom. The van der Waals surface area contributed by atoms with Gasteiger partial charge in [-0.05, 0) is 37.3 Å². The van der Waals surface area contributed by atoms with Gasteiger partial charge in [0.2, 0.25) is 5.82 Å². The first-order valence-corrected chi connectivity index (χ1v) is 5.72. The van der Waals surface area contributed by atoms with Gasteiger partial charge in [0.25, 0.3) is 0 Å². The van der Waals surface area contributed by atoms with Crippen LogP contribution in [0.1, 0.15) is 16.3 Å². The van der Waals surface area contributed by atoms with Crippen molar-refractivity contribution in [1.29, 1.82) is 0 Å². The van der Waals surface area contributed by atoms with Crippen molar-refractivity contribution in [2.24, 2.45) is 0 Å². The summed E-state index contributed by atoms with van der Waals surface area (Å²) in [4.78, 5) is 19.7. The van der Waals surface area contributed by atoms with E-state index in [2.05, 4.69) is 14.7 Å². The highest BCUT2D eigenvalue weighted by atomic mass is 16.5. The molecule has 19 heavy (non-hydrogen) atoms. The molecule has 1 heterocycles. The highest BCUT2D eigenvalue weighted by molar-refractivity contribution is 5.85. The minimum absolute atomic E-state index is 0.0633. The molecule has 2 aromatic rings. The third-order valence-electron chi connectivity index (χ3n) is 2.61. The number of aryl methyl sites for hydroxylation is 1. The van der Waals surface area contributed by atoms with Crippen LogP contribution in [0.3, 0.4) is 0 Å². The Bertz CT molecular complexity index is 594. The van der Waals surface area contributed by atoms with Crippen LogP contribution >= 0.6 is 0 Å². The average Bonchev–Trinajstić information content (AvgIpc) is 2.45. The average molecular weight is 258 g/mol. The standard InChI is InChI=1S/C14H14N2O3/c1-9-8-12(16-13(15-9)14(17)19-3)10-4-6-11(18-2)7-5-10/h4-8H,1-3H3. The fraction of sp³-hybridized carbons (Fsp3) is 0.214. The smallest absolute Gasteiger partial charge is 0.376 e. The Labute approximate surface area is 111 Å². The summed E-state index contributed by atoms with van der Waals surface area (Å²) in [6.07, 6.45) is 0. The Morgan fingerprint density at radius 1 is 1.11 bits per heavy atom. The number of carbonyl (C=O) groups excluding carboxylic acids is 1. The van der Waals surface area contributed by atoms with E-state index >= 15 is 0 Å². The third-order valence-corrected chi connectivity index (χ3v) is 2.61. The summed E-state index contributed by atoms with van der Waals surface area (Å²) in [5, 5.41) is 0. The lowest BCUT2D eigenvalue weighted by atomic mass is 10.1. The second-order valence-corrected chi connectivity index (χ2v) is 3.94. The third kappa shape index (κ3) is 2.88. The Hall–Kier alpha value is -2.43. The molecule has 0 amide bonds. The zero-order valence-corrected chi connectivity index (χ0v) is 11.0. The molecular weight excluding hydrogens is 244 g/mol. The van der Waals surface area contributed by atoms with Crippen LogP contribution in [-0.4, -0.2) is 30.2 Å². The molecule has 0 fully saturated rings. The fourth-order valence-corrected chi connectivity index (χ4v) is 1.66. The van der Waals surface area contributed by atoms with Crippen molar-refractivity contribution >= 4 is 5.97 Å². The van der Waals surface area contributed by atoms with Gasteiger partial charge in [-0.25, -0.2) is 14.8 Å². The normalized spacial score (nSPS) is 10.1. The molecule has 98 valence electrons. The van der Waals surface area contributed by atoms with E-state index in [0.29, 0.717) is 11.4 Å². The summed E-state index contributed by atoms with van der Waals surface area (Å²) >= 11 is 0. The van der Waals surface area contributed by atoms with Crippen LogP contribution in [0.25, 0.3) is 11.3 Å². The lowest BCUT2D eigenvalue weighted by Gasteiger charge is -2.06. The maximum atomic E-state index is 11.5. The van der Waals surface area contributed by atoms with Crippen molar-refractivity contribution in [2.45, 2.75) is 6.92 Å². The number of benzene rings is 1. The molecule has 5 nitrogen and oxygen atoms in total. The van der Waals surface area contributed by atoms with E-state index in [4.69, 9.17) is 4.74 Å². The number of rotatable bonds is 3. The molecule has 1 aromatic heterocycles. The zero-order valence-electron chi connectivity index (χ0n) is 11.0. The number of hydrogen-bond acceptors (Lipinski definition) is 5. The largest absolute Gasteiger partial charge is 0.497 e. The van der Waals surface area contributed by atoms with Gasteiger partial charge in [-0.1, -0.05) is 0 Å². The van der Waals surface area contributed by atoms with Gasteiger partial charge in [0, 0.05) is 11.3 Å². The topological polar surface area (TPSA) is 61.3 Å². The summed E-state index contributed by atoms with van der Waals surface area (Å²) in [5.41, 5.74) is 2.27. The molecule has 0 aliphatic heterocycles. The molecule has 0 N–H and O–H groups in total. The zero-order chi connectivity index (χ0) is 13.8. The van der Waals surface area contributed by atoms with Crippen LogP contribution in [-0.2, 0) is 4.74 Å². The number of carbonyl (C=O) groups is 1. The quantitative estimate of drug-likeness (QED) is 0.790. The maximum Gasteiger partial charge on any atom is 0.376 e. The van der Waals surface area contributed by atoms with E-state index in [9.17, 15) is 4.79 Å². The molecule has 0 unspecified atom stereocenters. The van der Waals surface area contributed by atoms with Gasteiger partial charge in [0.15, 0.2) is 0 Å². The van der Waals surface area contributed by atoms with E-state index < -0.39 is 5.97 Å². The minimum atomic E-state index is -0.543. The minimum Gasteiger partial charge on any atom is -0.497 e. The first-order valence-electron chi connectivity index (χ1n) is 5.72. The number of methoxy groups -OCH3 is 2. The number of nitrogens with zero attached hydrogens (tertiary/aromatic N) is 2. The highest BCUT2D eigenvalue weighted by Gasteiger charge is 2.12. The highest BCUT2D eigenvalue weighted by Crippen LogP contribution is 2.21. The molecule has 0 atom stereocenters. The fourth-order valence-electron chi connectivity index (χ4n) is 1.66. The first kappa shape index (κ1) is 13.0. The molecule has 0 spiro atoms. The van der Waals surface area contributed by atoms with Gasteiger partial charge in [-0.3, -0.25) is 0 Å². The monoisotopic (exact) mass is 258 g/mol. The molecule has 0 bridgehead atoms. The van der Waals surface area contributed by atoms with Crippen molar-refractivity contribution in [3.05, 3.63) is 41.9 Å². The second kappa shape index (κ2) is 5.48. The summed E-state index contributed by atoms with van der Waals surface area (Å²) in [5.74, 6) is 0.287. The maximum absolute atomic E-state index is 11.5. The van der Waals surface area contributed by atoms with E-state index in [0.717, 1.165) is 11.3 Å². The van der Waals surface area contributed by atoms with E-state index in [1.807, 2.05) is 30.3 Å². The van der Waals surface area contributed by atoms with Gasteiger partial charge < -0.3 is 9.47 Å². The number of hydrogen-bond donors (Lipinski definition) is 0. The summed E-state index contributed by atoms with van der Waals surface area (Å²) < 4.78 is 9.74. The van der Waals surface area contributed by atoms with Crippen LogP contribution in [0.15, 0.2) is 30.3 Å². The number of aromatic nitrogens is 2. The Kier molecular flexibility index (Phi) is 3.75. The molecule has 0 saturated carbocycles. The molecule has 0 aliphatic carbocycles. The van der Waals surface area contributed by atoms with E-state index in [-0.39, 0.29) is 5.82 Å². The van der Waals surface area contributed by atoms with Crippen molar-refractivity contribution in [1.82, 2.24) is 9.97 Å². The van der Waals surface area contributed by atoms with Crippen LogP contribution < -0.4 is 4.74 Å². The molecule has 5 heteroatoms. The van der Waals surface area contributed by atoms with Gasteiger partial charge in [0.1, 0.15) is 5.75 Å². The van der Waals surface area contributed by atoms with Crippen molar-refractivity contribution in [3.8, 4) is 17.0 Å². The van der Waals surface area contributed by atoms with Gasteiger partial charge in [-0.15, -0.1) is 0 Å². The van der Waals surface area contributed by atoms with Crippen molar-refractivity contribution < 1.29 is 14.3 Å². The lowest BCUT2D eigenvalue weighted by molar-refractivity contribution is 0.0586. The SMILES string of the molecule is COC(=O)c1nc(C)cc(-c2ccc(OC)cc2)n1. The van der Waals surface area contributed by atoms with Gasteiger partial charge in [-0.2, -0.15) is 0 Å². The molecule has 2 rings (SSSR count). The lowest BCUT2D eigenvalue weighted by Crippen LogP contribution is -2.09. The van der Waals surface area contributed by atoms with Crippen molar-refractivity contribution in [3.63, 3.8) is 0 Å². The van der Waals surface area contributed by atoms with Crippen LogP contribution in [0, 0.1) is 6.92 Å². The predicted octanol–water partition coefficient (Wildman–Crippen LogP) is 2.25. The summed E-state index contributed by atoms with van der Waals surface area (Å²) in [7, 11) is 2.92. The predicted molar refractivity (Wildman–Crippen MR) is 70.1 cm³/mol. The number of esters is 1. The van der Waals surface area contributed by atoms with Crippen LogP contribution in [0.2, 0.25) is 0 Å². The Balaban J connectivity index is 2.43. The molecular formula is C14H14N2O3. The molecule has 0 saturated heterocycles. The van der Waals surface area contributed by atoms with Gasteiger partial charge >= 0.3 is 5.97 Å². The van der Waals surface area contributed by atoms with E-state index in [1.165, 1.54) is 7.11 Å². The van der Waals surface area contributed by atoms with Crippen LogP contribution in [0.4, 0.5) is 0 Å². The molecule has 0 radical (unpaired) electrons. The van der Waals surface area contributed by atoms with Crippen LogP contribution in [0.5, 0.6) is 5.75 Å². The van der Waals surface area contributed by atoms with E-state index in [1.54, 1.807) is 14.0 Å². The second-order valence-electron chi connectivity index (χ2n) is 3.94.